The van der Waals surface area contributed by atoms with E-state index < -0.39 is 10.0 Å². The van der Waals surface area contributed by atoms with Gasteiger partial charge in [-0.3, -0.25) is 4.72 Å². The number of nitrogens with zero attached hydrogens (tertiary/aromatic N) is 3. The Labute approximate surface area is 136 Å². The summed E-state index contributed by atoms with van der Waals surface area (Å²) in [5.74, 6) is 0.613. The monoisotopic (exact) mass is 350 g/mol. The fraction of sp³-hybridized carbons (Fsp3) is 0.357. The van der Waals surface area contributed by atoms with E-state index in [1.165, 1.54) is 22.3 Å². The third-order valence-corrected chi connectivity index (χ3v) is 6.48. The average Bonchev–Trinajstić information content (AvgIpc) is 3.11. The summed E-state index contributed by atoms with van der Waals surface area (Å²) in [6.07, 6.45) is 2.95. The minimum absolute atomic E-state index is 0.0396. The third kappa shape index (κ3) is 2.59. The van der Waals surface area contributed by atoms with E-state index in [1.807, 2.05) is 0 Å². The van der Waals surface area contributed by atoms with Gasteiger partial charge in [0, 0.05) is 4.88 Å². The molecule has 0 saturated carbocycles. The van der Waals surface area contributed by atoms with Crippen molar-refractivity contribution in [2.75, 3.05) is 4.72 Å². The van der Waals surface area contributed by atoms with Crippen molar-refractivity contribution in [2.45, 2.75) is 31.1 Å². The largest absolute Gasteiger partial charge is 0.266 e. The van der Waals surface area contributed by atoms with Crippen molar-refractivity contribution in [1.29, 1.82) is 0 Å². The topological polar surface area (TPSA) is 98.0 Å². The fourth-order valence-corrected chi connectivity index (χ4v) is 5.31. The number of hydrogen-bond donors (Lipinski definition) is 1. The molecule has 1 N–H and O–H groups in total. The van der Waals surface area contributed by atoms with Crippen LogP contribution in [0.3, 0.4) is 0 Å². The van der Waals surface area contributed by atoms with Crippen molar-refractivity contribution in [3.8, 4) is 0 Å². The molecule has 0 spiro atoms. The Morgan fingerprint density at radius 3 is 3.09 bits per heavy atom. The summed E-state index contributed by atoms with van der Waals surface area (Å²) in [6, 6.07) is 4.73. The number of aryl methyl sites for hydroxylation is 1. The number of aromatic nitrogens is 3. The first-order valence-electron chi connectivity index (χ1n) is 7.25. The maximum Gasteiger partial charge on any atom is 0.266 e. The highest BCUT2D eigenvalue weighted by atomic mass is 32.2. The first-order valence-corrected chi connectivity index (χ1v) is 9.55. The number of hydrogen-bond acceptors (Lipinski definition) is 7. The summed E-state index contributed by atoms with van der Waals surface area (Å²) in [6.45, 7) is 2.20. The first kappa shape index (κ1) is 14.6. The summed E-state index contributed by atoms with van der Waals surface area (Å²) in [7, 11) is -3.79. The normalized spacial score (nSPS) is 18.0. The van der Waals surface area contributed by atoms with E-state index in [0.717, 1.165) is 25.0 Å². The Bertz CT molecular complexity index is 977. The van der Waals surface area contributed by atoms with Crippen molar-refractivity contribution in [2.24, 2.45) is 5.92 Å². The molecule has 0 saturated heterocycles. The lowest BCUT2D eigenvalue weighted by Crippen LogP contribution is -2.13. The summed E-state index contributed by atoms with van der Waals surface area (Å²) >= 11 is 1.41. The van der Waals surface area contributed by atoms with Crippen LogP contribution in [0.5, 0.6) is 0 Å². The number of anilines is 1. The summed E-state index contributed by atoms with van der Waals surface area (Å²) in [5.41, 5.74) is 1.63. The van der Waals surface area contributed by atoms with E-state index in [1.54, 1.807) is 12.1 Å². The smallest absolute Gasteiger partial charge is 0.255 e. The molecule has 2 heterocycles. The van der Waals surface area contributed by atoms with E-state index in [0.29, 0.717) is 16.6 Å². The van der Waals surface area contributed by atoms with Crippen LogP contribution < -0.4 is 4.72 Å². The number of benzene rings is 1. The SMILES string of the molecule is CC1CCc2nc(NS(=O)(=O)c3cccc4nonc34)sc2C1. The molecule has 1 aliphatic carbocycles. The van der Waals surface area contributed by atoms with Gasteiger partial charge < -0.3 is 0 Å². The molecule has 1 aliphatic rings. The van der Waals surface area contributed by atoms with Gasteiger partial charge in [0.25, 0.3) is 10.0 Å². The number of nitrogens with one attached hydrogen (secondary N) is 1. The zero-order valence-corrected chi connectivity index (χ0v) is 13.9. The molecule has 1 unspecified atom stereocenters. The van der Waals surface area contributed by atoms with Crippen LogP contribution in [0.15, 0.2) is 27.7 Å². The summed E-state index contributed by atoms with van der Waals surface area (Å²) in [4.78, 5) is 5.64. The van der Waals surface area contributed by atoms with Crippen LogP contribution in [-0.2, 0) is 22.9 Å². The van der Waals surface area contributed by atoms with E-state index in [4.69, 9.17) is 0 Å². The number of rotatable bonds is 3. The van der Waals surface area contributed by atoms with Gasteiger partial charge in [0.2, 0.25) is 0 Å². The standard InChI is InChI=1S/C14H14N4O3S2/c1-8-5-6-9-11(7-8)22-14(15-9)18-23(19,20)12-4-2-3-10-13(12)17-21-16-10/h2-4,8H,5-7H2,1H3,(H,15,18). The van der Waals surface area contributed by atoms with Gasteiger partial charge in [-0.25, -0.2) is 18.0 Å². The Morgan fingerprint density at radius 1 is 1.35 bits per heavy atom. The molecule has 1 atom stereocenters. The van der Waals surface area contributed by atoms with Crippen molar-refractivity contribution in [1.82, 2.24) is 15.3 Å². The van der Waals surface area contributed by atoms with Gasteiger partial charge in [0.15, 0.2) is 10.6 Å². The minimum atomic E-state index is -3.79. The van der Waals surface area contributed by atoms with Gasteiger partial charge in [-0.05, 0) is 47.6 Å². The van der Waals surface area contributed by atoms with Crippen LogP contribution >= 0.6 is 11.3 Å². The van der Waals surface area contributed by atoms with Gasteiger partial charge in [-0.2, -0.15) is 0 Å². The maximum atomic E-state index is 12.6. The van der Waals surface area contributed by atoms with Gasteiger partial charge in [0.05, 0.1) is 5.69 Å². The van der Waals surface area contributed by atoms with Gasteiger partial charge in [0.1, 0.15) is 10.4 Å². The second-order valence-corrected chi connectivity index (χ2v) is 8.46. The zero-order chi connectivity index (χ0) is 16.0. The van der Waals surface area contributed by atoms with Crippen LogP contribution in [0.25, 0.3) is 11.0 Å². The average molecular weight is 350 g/mol. The molecule has 3 aromatic rings. The van der Waals surface area contributed by atoms with Gasteiger partial charge in [-0.15, -0.1) is 11.3 Å². The van der Waals surface area contributed by atoms with Gasteiger partial charge >= 0.3 is 0 Å². The molecule has 2 aromatic heterocycles. The van der Waals surface area contributed by atoms with Crippen LogP contribution in [0.4, 0.5) is 5.13 Å². The fourth-order valence-electron chi connectivity index (χ4n) is 2.75. The molecule has 1 aromatic carbocycles. The second kappa shape index (κ2) is 5.27. The van der Waals surface area contributed by atoms with E-state index in [9.17, 15) is 8.42 Å². The van der Waals surface area contributed by atoms with E-state index in [-0.39, 0.29) is 10.4 Å². The van der Waals surface area contributed by atoms with Crippen LogP contribution in [-0.4, -0.2) is 23.7 Å². The van der Waals surface area contributed by atoms with Crippen LogP contribution in [0.1, 0.15) is 23.9 Å². The Morgan fingerprint density at radius 2 is 2.22 bits per heavy atom. The molecule has 0 amide bonds. The Balaban J connectivity index is 1.69. The molecule has 0 fully saturated rings. The minimum Gasteiger partial charge on any atom is -0.255 e. The lowest BCUT2D eigenvalue weighted by Gasteiger charge is -2.15. The lowest BCUT2D eigenvalue weighted by molar-refractivity contribution is 0.315. The molecule has 9 heteroatoms. The van der Waals surface area contributed by atoms with Crippen LogP contribution in [0.2, 0.25) is 0 Å². The van der Waals surface area contributed by atoms with E-state index >= 15 is 0 Å². The van der Waals surface area contributed by atoms with Crippen molar-refractivity contribution < 1.29 is 13.0 Å². The molecule has 0 radical (unpaired) electrons. The van der Waals surface area contributed by atoms with Crippen LogP contribution in [0, 0.1) is 5.92 Å². The quantitative estimate of drug-likeness (QED) is 0.780. The molecular formula is C14H14N4O3S2. The summed E-state index contributed by atoms with van der Waals surface area (Å²) < 4.78 is 32.5. The third-order valence-electron chi connectivity index (χ3n) is 3.95. The van der Waals surface area contributed by atoms with Crippen molar-refractivity contribution in [3.05, 3.63) is 28.8 Å². The molecule has 7 nitrogen and oxygen atoms in total. The molecule has 23 heavy (non-hydrogen) atoms. The number of thiazole rings is 1. The van der Waals surface area contributed by atoms with E-state index in [2.05, 4.69) is 31.6 Å². The predicted octanol–water partition coefficient (Wildman–Crippen LogP) is 2.60. The van der Waals surface area contributed by atoms with Gasteiger partial charge in [-0.1, -0.05) is 13.0 Å². The Hall–Kier alpha value is -2.00. The zero-order valence-electron chi connectivity index (χ0n) is 12.3. The van der Waals surface area contributed by atoms with Crippen molar-refractivity contribution >= 4 is 37.5 Å². The second-order valence-electron chi connectivity index (χ2n) is 5.73. The van der Waals surface area contributed by atoms with Crippen molar-refractivity contribution in [3.63, 3.8) is 0 Å². The first-order chi connectivity index (χ1) is 11.0. The molecule has 0 aliphatic heterocycles. The predicted molar refractivity (Wildman–Crippen MR) is 85.9 cm³/mol. The molecule has 0 bridgehead atoms. The Kier molecular flexibility index (Phi) is 3.34. The highest BCUT2D eigenvalue weighted by molar-refractivity contribution is 7.93. The molecule has 4 rings (SSSR count). The molecule has 120 valence electrons. The number of fused-ring (bicyclic) bond motifs is 2. The highest BCUT2D eigenvalue weighted by Gasteiger charge is 2.24. The lowest BCUT2D eigenvalue weighted by atomic mass is 9.93. The molecular weight excluding hydrogens is 336 g/mol. The number of sulfonamides is 1. The highest BCUT2D eigenvalue weighted by Crippen LogP contribution is 2.33. The summed E-state index contributed by atoms with van der Waals surface area (Å²) in [5, 5.41) is 7.75. The maximum absolute atomic E-state index is 12.6.